The molecule has 1 N–H and O–H groups in total. The van der Waals surface area contributed by atoms with Crippen LogP contribution >= 0.6 is 23.2 Å². The number of hydrogen-bond acceptors (Lipinski definition) is 4. The average Bonchev–Trinajstić information content (AvgIpc) is 3.21. The van der Waals surface area contributed by atoms with Crippen LogP contribution in [0.15, 0.2) is 53.1 Å². The predicted octanol–water partition coefficient (Wildman–Crippen LogP) is 4.75. The lowest BCUT2D eigenvalue weighted by Crippen LogP contribution is -2.41. The fourth-order valence-electron chi connectivity index (χ4n) is 3.18. The Morgan fingerprint density at radius 1 is 1.17 bits per heavy atom. The highest BCUT2D eigenvalue weighted by atomic mass is 35.5. The minimum absolute atomic E-state index is 0.160. The lowest BCUT2D eigenvalue weighted by molar-refractivity contribution is -0.131. The molecule has 0 saturated carbocycles. The van der Waals surface area contributed by atoms with Crippen LogP contribution in [-0.4, -0.2) is 21.8 Å². The lowest BCUT2D eigenvalue weighted by Gasteiger charge is -2.23. The molecule has 3 aromatic rings. The number of benzene rings is 2. The number of carbonyl (C=O) groups excluding carboxylic acids is 2. The molecule has 1 aliphatic heterocycles. The monoisotopic (exact) mass is 433 g/mol. The van der Waals surface area contributed by atoms with E-state index in [0.29, 0.717) is 21.9 Å². The van der Waals surface area contributed by atoms with Gasteiger partial charge in [-0.25, -0.2) is 14.2 Å². The third-order valence-electron chi connectivity index (χ3n) is 4.72. The highest BCUT2D eigenvalue weighted by Crippen LogP contribution is 2.35. The summed E-state index contributed by atoms with van der Waals surface area (Å²) in [6, 6.07) is 9.81. The molecule has 4 rings (SSSR count). The van der Waals surface area contributed by atoms with E-state index in [1.165, 1.54) is 24.4 Å². The molecule has 3 amide bonds. The molecule has 0 bridgehead atoms. The second kappa shape index (κ2) is 7.17. The minimum Gasteiger partial charge on any atom is -0.439 e. The van der Waals surface area contributed by atoms with Gasteiger partial charge in [0.1, 0.15) is 17.9 Å². The van der Waals surface area contributed by atoms with Crippen LogP contribution in [0, 0.1) is 5.82 Å². The first-order chi connectivity index (χ1) is 13.8. The smallest absolute Gasteiger partial charge is 0.325 e. The van der Waals surface area contributed by atoms with Crippen LogP contribution in [0.2, 0.25) is 10.0 Å². The van der Waals surface area contributed by atoms with Crippen LogP contribution in [0.25, 0.3) is 11.3 Å². The molecule has 1 atom stereocenters. The number of urea groups is 1. The Hall–Kier alpha value is -2.90. The second-order valence-electron chi connectivity index (χ2n) is 6.70. The fraction of sp³-hybridized carbons (Fsp3) is 0.150. The van der Waals surface area contributed by atoms with E-state index in [-0.39, 0.29) is 23.3 Å². The molecule has 2 aromatic carbocycles. The van der Waals surface area contributed by atoms with E-state index in [0.717, 1.165) is 4.90 Å². The van der Waals surface area contributed by atoms with Crippen molar-refractivity contribution in [2.45, 2.75) is 19.0 Å². The lowest BCUT2D eigenvalue weighted by atomic mass is 9.92. The van der Waals surface area contributed by atoms with Gasteiger partial charge in [0.05, 0.1) is 6.20 Å². The summed E-state index contributed by atoms with van der Waals surface area (Å²) in [5.41, 5.74) is -0.283. The molecule has 1 saturated heterocycles. The Morgan fingerprint density at radius 3 is 2.59 bits per heavy atom. The zero-order chi connectivity index (χ0) is 20.8. The van der Waals surface area contributed by atoms with E-state index in [1.54, 1.807) is 31.2 Å². The van der Waals surface area contributed by atoms with Gasteiger partial charge in [0.2, 0.25) is 5.89 Å². The number of rotatable bonds is 4. The first kappa shape index (κ1) is 19.4. The van der Waals surface area contributed by atoms with Gasteiger partial charge in [-0.2, -0.15) is 0 Å². The van der Waals surface area contributed by atoms with Crippen molar-refractivity contribution in [3.63, 3.8) is 0 Å². The van der Waals surface area contributed by atoms with E-state index in [1.807, 2.05) is 0 Å². The van der Waals surface area contributed by atoms with Crippen LogP contribution in [0.4, 0.5) is 9.18 Å². The van der Waals surface area contributed by atoms with E-state index in [4.69, 9.17) is 27.6 Å². The van der Waals surface area contributed by atoms with Crippen molar-refractivity contribution in [3.05, 3.63) is 76.0 Å². The quantitative estimate of drug-likeness (QED) is 0.602. The zero-order valence-electron chi connectivity index (χ0n) is 15.1. The highest BCUT2D eigenvalue weighted by molar-refractivity contribution is 6.35. The molecule has 148 valence electrons. The molecule has 6 nitrogen and oxygen atoms in total. The van der Waals surface area contributed by atoms with Crippen LogP contribution in [0.5, 0.6) is 0 Å². The summed E-state index contributed by atoms with van der Waals surface area (Å²) in [6.07, 6.45) is 1.45. The summed E-state index contributed by atoms with van der Waals surface area (Å²) >= 11 is 12.2. The summed E-state index contributed by atoms with van der Waals surface area (Å²) in [5, 5.41) is 3.36. The van der Waals surface area contributed by atoms with Crippen molar-refractivity contribution in [1.82, 2.24) is 15.2 Å². The Bertz CT molecular complexity index is 1120. The van der Waals surface area contributed by atoms with E-state index in [9.17, 15) is 14.0 Å². The molecule has 2 heterocycles. The van der Waals surface area contributed by atoms with Gasteiger partial charge in [-0.15, -0.1) is 0 Å². The number of hydrogen-bond donors (Lipinski definition) is 1. The maximum absolute atomic E-state index is 13.1. The maximum Gasteiger partial charge on any atom is 0.325 e. The molecule has 1 aromatic heterocycles. The molecule has 0 unspecified atom stereocenters. The Labute approximate surface area is 175 Å². The summed E-state index contributed by atoms with van der Waals surface area (Å²) in [4.78, 5) is 30.6. The number of nitrogens with one attached hydrogen (secondary N) is 1. The van der Waals surface area contributed by atoms with Crippen LogP contribution in [0.1, 0.15) is 18.4 Å². The number of carbonyl (C=O) groups is 2. The molecule has 1 aliphatic rings. The summed E-state index contributed by atoms with van der Waals surface area (Å²) in [5.74, 6) is -0.295. The van der Waals surface area contributed by atoms with Crippen molar-refractivity contribution >= 4 is 35.1 Å². The number of amides is 3. The summed E-state index contributed by atoms with van der Waals surface area (Å²) in [6.45, 7) is 1.41. The molecule has 0 spiro atoms. The van der Waals surface area contributed by atoms with Crippen LogP contribution in [-0.2, 0) is 16.9 Å². The number of aromatic nitrogens is 1. The van der Waals surface area contributed by atoms with Crippen molar-refractivity contribution in [2.75, 3.05) is 0 Å². The molecule has 0 aliphatic carbocycles. The van der Waals surface area contributed by atoms with Gasteiger partial charge in [-0.1, -0.05) is 29.3 Å². The number of oxazole rings is 1. The van der Waals surface area contributed by atoms with E-state index >= 15 is 0 Å². The normalized spacial score (nSPS) is 19.0. The third kappa shape index (κ3) is 3.47. The van der Waals surface area contributed by atoms with Gasteiger partial charge in [-0.05, 0) is 43.3 Å². The van der Waals surface area contributed by atoms with Crippen LogP contribution < -0.4 is 5.32 Å². The molecule has 29 heavy (non-hydrogen) atoms. The molecule has 0 radical (unpaired) electrons. The van der Waals surface area contributed by atoms with Crippen molar-refractivity contribution < 1.29 is 18.4 Å². The molecule has 1 fully saturated rings. The summed E-state index contributed by atoms with van der Waals surface area (Å²) < 4.78 is 18.7. The number of halogens is 3. The Balaban J connectivity index is 1.58. The van der Waals surface area contributed by atoms with Gasteiger partial charge in [-0.3, -0.25) is 9.69 Å². The molecular weight excluding hydrogens is 420 g/mol. The Morgan fingerprint density at radius 2 is 1.90 bits per heavy atom. The third-order valence-corrected chi connectivity index (χ3v) is 5.27. The maximum atomic E-state index is 13.1. The second-order valence-corrected chi connectivity index (χ2v) is 7.54. The van der Waals surface area contributed by atoms with E-state index < -0.39 is 17.5 Å². The summed E-state index contributed by atoms with van der Waals surface area (Å²) in [7, 11) is 0. The number of nitrogens with zero attached hydrogens (tertiary/aromatic N) is 2. The van der Waals surface area contributed by atoms with Gasteiger partial charge in [0.25, 0.3) is 5.91 Å². The van der Waals surface area contributed by atoms with E-state index in [2.05, 4.69) is 10.3 Å². The van der Waals surface area contributed by atoms with Crippen LogP contribution in [0.3, 0.4) is 0 Å². The average molecular weight is 434 g/mol. The Kier molecular flexibility index (Phi) is 4.80. The zero-order valence-corrected chi connectivity index (χ0v) is 16.6. The van der Waals surface area contributed by atoms with Crippen molar-refractivity contribution in [2.24, 2.45) is 0 Å². The largest absolute Gasteiger partial charge is 0.439 e. The molecule has 9 heteroatoms. The predicted molar refractivity (Wildman–Crippen MR) is 105 cm³/mol. The van der Waals surface area contributed by atoms with Crippen molar-refractivity contribution in [3.8, 4) is 11.3 Å². The van der Waals surface area contributed by atoms with Gasteiger partial charge >= 0.3 is 6.03 Å². The van der Waals surface area contributed by atoms with Gasteiger partial charge in [0, 0.05) is 21.2 Å². The van der Waals surface area contributed by atoms with Crippen molar-refractivity contribution in [1.29, 1.82) is 0 Å². The minimum atomic E-state index is -1.34. The highest BCUT2D eigenvalue weighted by Gasteiger charge is 2.50. The van der Waals surface area contributed by atoms with Gasteiger partial charge in [0.15, 0.2) is 5.76 Å². The molecular formula is C20H14Cl2FN3O3. The topological polar surface area (TPSA) is 75.4 Å². The SMILES string of the molecule is C[C@@]1(c2ccc(Cl)cc2Cl)NC(=O)N(Cc2ncc(-c3ccc(F)cc3)o2)C1=O. The fourth-order valence-corrected chi connectivity index (χ4v) is 3.78. The first-order valence-electron chi connectivity index (χ1n) is 8.58. The number of imide groups is 1. The first-order valence-corrected chi connectivity index (χ1v) is 9.34. The van der Waals surface area contributed by atoms with Gasteiger partial charge < -0.3 is 9.73 Å². The standard InChI is InChI=1S/C20H14Cl2FN3O3/c1-20(14-7-4-12(21)8-15(14)22)18(27)26(19(28)25-20)10-17-24-9-16(29-17)11-2-5-13(23)6-3-11/h2-9H,10H2,1H3,(H,25,28)/t20-/m0/s1.